The van der Waals surface area contributed by atoms with Gasteiger partial charge < -0.3 is 120 Å². The van der Waals surface area contributed by atoms with E-state index in [-0.39, 0.29) is 271 Å². The number of aliphatic carboxylic acids is 3. The zero-order chi connectivity index (χ0) is 77.0. The average molecular weight is 1510 g/mol. The van der Waals surface area contributed by atoms with Crippen molar-refractivity contribution in [2.45, 2.75) is 173 Å². The predicted octanol–water partition coefficient (Wildman–Crippen LogP) is 1.08. The molecule has 8 amide bonds. The molecule has 0 saturated heterocycles. The molecule has 105 heavy (non-hydrogen) atoms. The summed E-state index contributed by atoms with van der Waals surface area (Å²) >= 11 is 0. The number of ether oxygens (including phenoxy) is 12. The van der Waals surface area contributed by atoms with Crippen molar-refractivity contribution >= 4 is 65.2 Å². The number of hydrogen-bond donors (Lipinski definition) is 12. The first kappa shape index (κ1) is 98.6. The van der Waals surface area contributed by atoms with Crippen LogP contribution in [0.1, 0.15) is 161 Å². The van der Waals surface area contributed by atoms with E-state index in [4.69, 9.17) is 67.1 Å². The average Bonchev–Trinajstić information content (AvgIpc) is 1.03. The highest BCUT2D eigenvalue weighted by Crippen LogP contribution is 2.15. The van der Waals surface area contributed by atoms with Crippen molar-refractivity contribution in [2.75, 3.05) is 211 Å². The van der Waals surface area contributed by atoms with Crippen molar-refractivity contribution < 1.29 is 125 Å². The SMILES string of the molecule is CN[C@@H](CCCCNC(=O)COCCOCCNC(=O)COCCOCCNC(=O)COCCOCCNC(=O)COCCOCCNC(=O)COCCOCCNC(=O)COCCOCCNC(=O)CC[C@H](NC(=O)CCCCCCCCCCCCCCCCCCCCC(=O)O)C(=O)O)C(=O)O. The van der Waals surface area contributed by atoms with Gasteiger partial charge in [0, 0.05) is 65.1 Å². The van der Waals surface area contributed by atoms with Gasteiger partial charge in [0.1, 0.15) is 51.7 Å². The van der Waals surface area contributed by atoms with E-state index >= 15 is 0 Å². The molecule has 0 rings (SSSR count). The second-order valence-electron chi connectivity index (χ2n) is 24.4. The molecule has 35 nitrogen and oxygen atoms in total. The molecule has 2 atom stereocenters. The summed E-state index contributed by atoms with van der Waals surface area (Å²) in [6.45, 7) is 4.35. The minimum absolute atomic E-state index is 0.0418. The lowest BCUT2D eigenvalue weighted by molar-refractivity contribution is -0.142. The smallest absolute Gasteiger partial charge is 0.326 e. The number of unbranched alkanes of at least 4 members (excludes halogenated alkanes) is 18. The van der Waals surface area contributed by atoms with E-state index in [1.54, 1.807) is 7.05 Å². The third-order valence-electron chi connectivity index (χ3n) is 15.3. The summed E-state index contributed by atoms with van der Waals surface area (Å²) in [5.74, 6) is -5.47. The normalized spacial score (nSPS) is 11.7. The Morgan fingerprint density at radius 3 is 0.752 bits per heavy atom. The quantitative estimate of drug-likeness (QED) is 0.0379. The molecule has 0 aromatic heterocycles. The molecule has 12 N–H and O–H groups in total. The lowest BCUT2D eigenvalue weighted by atomic mass is 10.0. The van der Waals surface area contributed by atoms with Gasteiger partial charge >= 0.3 is 17.9 Å². The molecule has 0 unspecified atom stereocenters. The Bertz CT molecular complexity index is 2230. The largest absolute Gasteiger partial charge is 0.481 e. The van der Waals surface area contributed by atoms with E-state index in [0.29, 0.717) is 32.2 Å². The molecule has 0 aromatic rings. The molecule has 0 bridgehead atoms. The van der Waals surface area contributed by atoms with Gasteiger partial charge in [-0.15, -0.1) is 0 Å². The van der Waals surface area contributed by atoms with Crippen molar-refractivity contribution in [3.63, 3.8) is 0 Å². The fourth-order valence-electron chi connectivity index (χ4n) is 9.56. The Labute approximate surface area is 619 Å². The third-order valence-corrected chi connectivity index (χ3v) is 15.3. The van der Waals surface area contributed by atoms with Gasteiger partial charge in [-0.25, -0.2) is 4.79 Å². The summed E-state index contributed by atoms with van der Waals surface area (Å²) < 4.78 is 64.1. The monoisotopic (exact) mass is 1510 g/mol. The molecule has 0 heterocycles. The van der Waals surface area contributed by atoms with Gasteiger partial charge in [0.05, 0.1) is 119 Å². The summed E-state index contributed by atoms with van der Waals surface area (Å²) in [5.41, 5.74) is 0. The second kappa shape index (κ2) is 75.9. The molecule has 0 fully saturated rings. The topological polar surface area (TPSA) is 467 Å². The zero-order valence-electron chi connectivity index (χ0n) is 62.5. The highest BCUT2D eigenvalue weighted by atomic mass is 16.6. The fourth-order valence-corrected chi connectivity index (χ4v) is 9.56. The summed E-state index contributed by atoms with van der Waals surface area (Å²) in [5, 5.41) is 51.2. The van der Waals surface area contributed by atoms with Crippen LogP contribution in [0.3, 0.4) is 0 Å². The van der Waals surface area contributed by atoms with Crippen LogP contribution in [0, 0.1) is 0 Å². The number of carbonyl (C=O) groups excluding carboxylic acids is 8. The molecule has 0 spiro atoms. The van der Waals surface area contributed by atoms with Gasteiger partial charge in [-0.1, -0.05) is 103 Å². The molecule has 610 valence electrons. The van der Waals surface area contributed by atoms with Crippen molar-refractivity contribution in [1.82, 2.24) is 47.9 Å². The van der Waals surface area contributed by atoms with Gasteiger partial charge in [0.15, 0.2) is 0 Å². The van der Waals surface area contributed by atoms with Gasteiger partial charge in [-0.2, -0.15) is 0 Å². The lowest BCUT2D eigenvalue weighted by Gasteiger charge is -2.14. The predicted molar refractivity (Wildman–Crippen MR) is 384 cm³/mol. The van der Waals surface area contributed by atoms with E-state index in [1.165, 1.54) is 70.6 Å². The number of carboxylic acids is 3. The van der Waals surface area contributed by atoms with E-state index in [0.717, 1.165) is 38.5 Å². The van der Waals surface area contributed by atoms with Gasteiger partial charge in [0.25, 0.3) is 0 Å². The first-order valence-corrected chi connectivity index (χ1v) is 37.5. The van der Waals surface area contributed by atoms with Crippen LogP contribution >= 0.6 is 0 Å². The van der Waals surface area contributed by atoms with Crippen LogP contribution in [0.5, 0.6) is 0 Å². The van der Waals surface area contributed by atoms with Gasteiger partial charge in [0.2, 0.25) is 47.3 Å². The Hall–Kier alpha value is -6.35. The first-order valence-electron chi connectivity index (χ1n) is 37.5. The summed E-state index contributed by atoms with van der Waals surface area (Å²) in [6, 6.07) is -1.76. The number of hydrogen-bond acceptors (Lipinski definition) is 24. The lowest BCUT2D eigenvalue weighted by Crippen LogP contribution is -2.41. The standard InChI is InChI=1S/C70H129N9O26/c1-71-58(69(90)91)22-20-21-27-72-62(82)52-100-46-41-95-35-29-74-64(84)54-102-48-43-97-37-31-76-66(86)56-104-50-45-99-39-33-78-67(87)57-105-51-44-98-38-32-77-65(85)55-103-49-42-96-36-30-75-63(83)53-101-47-40-94-34-28-73-60(80)26-25-59(70(92)93)79-61(81)23-18-16-14-12-10-8-6-4-2-3-5-7-9-11-13-15-17-19-24-68(88)89/h58-59,71H,2-57H2,1H3,(H,72,82)(H,73,80)(H,74,84)(H,75,83)(H,76,86)(H,77,85)(H,78,87)(H,79,81)(H,88,89)(H,90,91)(H,92,93)/t58-,59-/m0/s1. The van der Waals surface area contributed by atoms with E-state index in [2.05, 4.69) is 47.9 Å². The zero-order valence-corrected chi connectivity index (χ0v) is 62.5. The van der Waals surface area contributed by atoms with Crippen LogP contribution in [0.25, 0.3) is 0 Å². The van der Waals surface area contributed by atoms with E-state index in [9.17, 15) is 57.8 Å². The van der Waals surface area contributed by atoms with Gasteiger partial charge in [-0.05, 0) is 45.6 Å². The maximum atomic E-state index is 12.4. The van der Waals surface area contributed by atoms with Crippen molar-refractivity contribution in [3.8, 4) is 0 Å². The first-order chi connectivity index (χ1) is 51.0. The van der Waals surface area contributed by atoms with E-state index < -0.39 is 30.0 Å². The minimum Gasteiger partial charge on any atom is -0.481 e. The molecule has 0 saturated carbocycles. The van der Waals surface area contributed by atoms with Crippen LogP contribution < -0.4 is 47.9 Å². The fraction of sp³-hybridized carbons (Fsp3) is 0.843. The molecular weight excluding hydrogens is 1380 g/mol. The number of rotatable bonds is 81. The Morgan fingerprint density at radius 2 is 0.486 bits per heavy atom. The van der Waals surface area contributed by atoms with Gasteiger partial charge in [-0.3, -0.25) is 47.9 Å². The van der Waals surface area contributed by atoms with E-state index in [1.807, 2.05) is 0 Å². The maximum Gasteiger partial charge on any atom is 0.326 e. The second-order valence-corrected chi connectivity index (χ2v) is 24.4. The van der Waals surface area contributed by atoms with Crippen LogP contribution in [-0.4, -0.2) is 304 Å². The van der Waals surface area contributed by atoms with Crippen LogP contribution in [0.4, 0.5) is 0 Å². The van der Waals surface area contributed by atoms with Crippen molar-refractivity contribution in [2.24, 2.45) is 0 Å². The molecule has 0 aliphatic rings. The minimum atomic E-state index is -1.19. The molecule has 0 aliphatic carbocycles. The molecule has 0 radical (unpaired) electrons. The molecule has 0 aliphatic heterocycles. The molecule has 0 aromatic carbocycles. The number of carbonyl (C=O) groups is 11. The Kier molecular flexibility index (Phi) is 71.3. The number of amides is 8. The molecular formula is C70H129N9O26. The summed E-state index contributed by atoms with van der Waals surface area (Å²) in [7, 11) is 1.59. The van der Waals surface area contributed by atoms with Crippen LogP contribution in [0.15, 0.2) is 0 Å². The van der Waals surface area contributed by atoms with Crippen molar-refractivity contribution in [1.29, 1.82) is 0 Å². The highest BCUT2D eigenvalue weighted by molar-refractivity contribution is 5.84. The van der Waals surface area contributed by atoms with Crippen LogP contribution in [0.2, 0.25) is 0 Å². The summed E-state index contributed by atoms with van der Waals surface area (Å²) in [4.78, 5) is 130. The van der Waals surface area contributed by atoms with Crippen LogP contribution in [-0.2, 0) is 110 Å². The highest BCUT2D eigenvalue weighted by Gasteiger charge is 2.21. The number of nitrogens with one attached hydrogen (secondary N) is 9. The Balaban J connectivity index is 3.54. The maximum absolute atomic E-state index is 12.4. The Morgan fingerprint density at radius 1 is 0.238 bits per heavy atom. The third kappa shape index (κ3) is 74.3. The van der Waals surface area contributed by atoms with Crippen molar-refractivity contribution in [3.05, 3.63) is 0 Å². The number of carboxylic acid groups (broad SMARTS) is 3. The summed E-state index contributed by atoms with van der Waals surface area (Å²) in [6.07, 6.45) is 22.6. The molecule has 35 heteroatoms. The number of likely N-dealkylation sites (N-methyl/N-ethyl adjacent to an activating group) is 1.